The topological polar surface area (TPSA) is 115 Å². The van der Waals surface area contributed by atoms with Crippen LogP contribution in [0.1, 0.15) is 35.3 Å². The molecule has 0 unspecified atom stereocenters. The lowest BCUT2D eigenvalue weighted by atomic mass is 9.91. The Bertz CT molecular complexity index is 1580. The van der Waals surface area contributed by atoms with E-state index < -0.39 is 0 Å². The lowest BCUT2D eigenvalue weighted by molar-refractivity contribution is 0.0909. The molecule has 0 saturated carbocycles. The minimum atomic E-state index is 0.0539. The molecule has 3 N–H and O–H groups in total. The summed E-state index contributed by atoms with van der Waals surface area (Å²) in [6, 6.07) is 18.2. The van der Waals surface area contributed by atoms with Gasteiger partial charge >= 0.3 is 0 Å². The summed E-state index contributed by atoms with van der Waals surface area (Å²) in [5.74, 6) is 0.704. The van der Waals surface area contributed by atoms with Crippen molar-refractivity contribution in [2.24, 2.45) is 5.92 Å². The summed E-state index contributed by atoms with van der Waals surface area (Å²) < 4.78 is 3.58. The van der Waals surface area contributed by atoms with Crippen molar-refractivity contribution < 1.29 is 9.90 Å². The van der Waals surface area contributed by atoms with Gasteiger partial charge in [-0.05, 0) is 55.1 Å². The number of rotatable bonds is 8. The van der Waals surface area contributed by atoms with Crippen molar-refractivity contribution >= 4 is 28.0 Å². The second-order valence-electron chi connectivity index (χ2n) is 10.1. The number of likely N-dealkylation sites (tertiary alicyclic amines) is 1. The van der Waals surface area contributed by atoms with E-state index in [0.717, 1.165) is 48.0 Å². The van der Waals surface area contributed by atoms with Gasteiger partial charge in [-0.1, -0.05) is 42.5 Å². The zero-order valence-corrected chi connectivity index (χ0v) is 21.2. The molecule has 0 radical (unpaired) electrons. The molecule has 2 aromatic carbocycles. The highest BCUT2D eigenvalue weighted by Gasteiger charge is 2.25. The molecular formula is C29H31N7O2. The monoisotopic (exact) mass is 509 g/mol. The van der Waals surface area contributed by atoms with Gasteiger partial charge in [0, 0.05) is 30.1 Å². The molecule has 194 valence electrons. The van der Waals surface area contributed by atoms with E-state index >= 15 is 0 Å². The third kappa shape index (κ3) is 4.78. The molecule has 1 saturated heterocycles. The number of nitrogens with zero attached hydrogens (tertiary/aromatic N) is 6. The van der Waals surface area contributed by atoms with Crippen molar-refractivity contribution in [1.82, 2.24) is 29.3 Å². The van der Waals surface area contributed by atoms with Crippen LogP contribution in [0.25, 0.3) is 27.5 Å². The average molecular weight is 510 g/mol. The van der Waals surface area contributed by atoms with Gasteiger partial charge < -0.3 is 15.7 Å². The highest BCUT2D eigenvalue weighted by molar-refractivity contribution is 6.01. The number of piperidine rings is 1. The van der Waals surface area contributed by atoms with E-state index in [1.165, 1.54) is 11.9 Å². The van der Waals surface area contributed by atoms with Crippen LogP contribution in [0.5, 0.6) is 0 Å². The summed E-state index contributed by atoms with van der Waals surface area (Å²) >= 11 is 0. The maximum atomic E-state index is 13.5. The SMILES string of the molecule is Nc1ncnn2c(C(=O)CC3CCN(CCO)CC3)cc(-c3ccc4cn(Cc5ccccc5)nc4c3)c12. The molecule has 9 nitrogen and oxygen atoms in total. The number of anilines is 1. The normalized spacial score (nSPS) is 15.0. The first-order valence-electron chi connectivity index (χ1n) is 13.1. The van der Waals surface area contributed by atoms with E-state index in [-0.39, 0.29) is 12.4 Å². The molecule has 3 aromatic heterocycles. The lowest BCUT2D eigenvalue weighted by Gasteiger charge is -2.31. The molecule has 5 aromatic rings. The zero-order valence-electron chi connectivity index (χ0n) is 21.2. The molecule has 0 bridgehead atoms. The Balaban J connectivity index is 1.30. The summed E-state index contributed by atoms with van der Waals surface area (Å²) in [5, 5.41) is 19.4. The number of β-amino-alcohol motifs (C(OH)–C–C–N with tert-alkyl or cyclic N) is 1. The third-order valence-electron chi connectivity index (χ3n) is 7.52. The Hall–Kier alpha value is -4.08. The van der Waals surface area contributed by atoms with E-state index in [1.807, 2.05) is 53.3 Å². The second kappa shape index (κ2) is 10.4. The molecule has 0 atom stereocenters. The summed E-state index contributed by atoms with van der Waals surface area (Å²) in [6.45, 7) is 3.37. The fraction of sp³-hybridized carbons (Fsp3) is 0.310. The maximum absolute atomic E-state index is 13.5. The maximum Gasteiger partial charge on any atom is 0.181 e. The molecule has 6 rings (SSSR count). The highest BCUT2D eigenvalue weighted by Crippen LogP contribution is 2.33. The first-order chi connectivity index (χ1) is 18.6. The standard InChI is InChI=1S/C29H31N7O2/c30-29-28-24(22-6-7-23-18-35(33-25(23)15-22)17-21-4-2-1-3-5-21)16-26(36(28)32-19-31-29)27(38)14-20-8-10-34(11-9-20)12-13-37/h1-7,15-16,18-20,37H,8-14,17H2,(H2,30,31,32). The van der Waals surface area contributed by atoms with E-state index in [1.54, 1.807) is 4.52 Å². The van der Waals surface area contributed by atoms with Crippen LogP contribution in [-0.2, 0) is 6.54 Å². The predicted octanol–water partition coefficient (Wildman–Crippen LogP) is 3.65. The minimum absolute atomic E-state index is 0.0539. The van der Waals surface area contributed by atoms with Crippen LogP contribution in [0, 0.1) is 5.92 Å². The van der Waals surface area contributed by atoms with Gasteiger partial charge in [0.15, 0.2) is 11.6 Å². The summed E-state index contributed by atoms with van der Waals surface area (Å²) in [7, 11) is 0. The molecule has 4 heterocycles. The number of Topliss-reactive ketones (excluding diaryl/α,β-unsaturated/α-hetero) is 1. The summed E-state index contributed by atoms with van der Waals surface area (Å²) in [6.07, 6.45) is 5.79. The Labute approximate surface area is 220 Å². The van der Waals surface area contributed by atoms with E-state index in [9.17, 15) is 9.90 Å². The van der Waals surface area contributed by atoms with E-state index in [4.69, 9.17) is 10.8 Å². The number of aromatic nitrogens is 5. The number of hydrogen-bond donors (Lipinski definition) is 2. The van der Waals surface area contributed by atoms with Crippen molar-refractivity contribution in [3.63, 3.8) is 0 Å². The number of fused-ring (bicyclic) bond motifs is 2. The Kier molecular flexibility index (Phi) is 6.61. The second-order valence-corrected chi connectivity index (χ2v) is 10.1. The number of aliphatic hydroxyl groups excluding tert-OH is 1. The lowest BCUT2D eigenvalue weighted by Crippen LogP contribution is -2.36. The van der Waals surface area contributed by atoms with Gasteiger partial charge in [-0.15, -0.1) is 0 Å². The van der Waals surface area contributed by atoms with Gasteiger partial charge in [0.1, 0.15) is 17.5 Å². The number of nitrogen functional groups attached to an aromatic ring is 1. The Morgan fingerprint density at radius 3 is 2.68 bits per heavy atom. The molecule has 0 spiro atoms. The Morgan fingerprint density at radius 2 is 1.89 bits per heavy atom. The van der Waals surface area contributed by atoms with Crippen LogP contribution in [0.4, 0.5) is 5.82 Å². The van der Waals surface area contributed by atoms with E-state index in [2.05, 4.69) is 27.1 Å². The summed E-state index contributed by atoms with van der Waals surface area (Å²) in [5.41, 5.74) is 11.3. The molecule has 38 heavy (non-hydrogen) atoms. The van der Waals surface area contributed by atoms with E-state index in [0.29, 0.717) is 42.5 Å². The summed E-state index contributed by atoms with van der Waals surface area (Å²) in [4.78, 5) is 19.9. The van der Waals surface area contributed by atoms with Crippen molar-refractivity contribution in [1.29, 1.82) is 0 Å². The fourth-order valence-corrected chi connectivity index (χ4v) is 5.50. The molecule has 1 aliphatic rings. The fourth-order valence-electron chi connectivity index (χ4n) is 5.50. The smallest absolute Gasteiger partial charge is 0.181 e. The first kappa shape index (κ1) is 24.3. The van der Waals surface area contributed by atoms with Crippen molar-refractivity contribution in [2.45, 2.75) is 25.8 Å². The largest absolute Gasteiger partial charge is 0.395 e. The number of ketones is 1. The first-order valence-corrected chi connectivity index (χ1v) is 13.1. The van der Waals surface area contributed by atoms with Gasteiger partial charge in [0.2, 0.25) is 0 Å². The third-order valence-corrected chi connectivity index (χ3v) is 7.52. The molecule has 1 aliphatic heterocycles. The van der Waals surface area contributed by atoms with Gasteiger partial charge in [-0.3, -0.25) is 9.48 Å². The number of carbonyl (C=O) groups excluding carboxylic acids is 1. The minimum Gasteiger partial charge on any atom is -0.395 e. The van der Waals surface area contributed by atoms with Crippen LogP contribution in [0.3, 0.4) is 0 Å². The van der Waals surface area contributed by atoms with Gasteiger partial charge in [-0.25, -0.2) is 9.50 Å². The molecule has 1 fully saturated rings. The molecule has 0 amide bonds. The quantitative estimate of drug-likeness (QED) is 0.307. The van der Waals surface area contributed by atoms with Gasteiger partial charge in [0.05, 0.1) is 18.7 Å². The number of carbonyl (C=O) groups is 1. The van der Waals surface area contributed by atoms with Crippen molar-refractivity contribution in [2.75, 3.05) is 32.0 Å². The number of hydrogen-bond acceptors (Lipinski definition) is 7. The van der Waals surface area contributed by atoms with Crippen molar-refractivity contribution in [3.8, 4) is 11.1 Å². The van der Waals surface area contributed by atoms with Crippen LogP contribution < -0.4 is 5.73 Å². The van der Waals surface area contributed by atoms with Crippen LogP contribution in [0.15, 0.2) is 67.1 Å². The molecule has 9 heteroatoms. The van der Waals surface area contributed by atoms with Gasteiger partial charge in [-0.2, -0.15) is 10.2 Å². The predicted molar refractivity (Wildman–Crippen MR) is 147 cm³/mol. The van der Waals surface area contributed by atoms with Crippen LogP contribution in [-0.4, -0.2) is 66.4 Å². The zero-order chi connectivity index (χ0) is 26.1. The number of aliphatic hydroxyl groups is 1. The highest BCUT2D eigenvalue weighted by atomic mass is 16.3. The van der Waals surface area contributed by atoms with Crippen LogP contribution in [0.2, 0.25) is 0 Å². The Morgan fingerprint density at radius 1 is 1.08 bits per heavy atom. The number of nitrogens with two attached hydrogens (primary N) is 1. The molecule has 0 aliphatic carbocycles. The average Bonchev–Trinajstić information content (AvgIpc) is 3.52. The molecular weight excluding hydrogens is 478 g/mol. The number of benzene rings is 2. The van der Waals surface area contributed by atoms with Crippen molar-refractivity contribution in [3.05, 3.63) is 78.4 Å². The van der Waals surface area contributed by atoms with Gasteiger partial charge in [0.25, 0.3) is 0 Å². The van der Waals surface area contributed by atoms with Crippen LogP contribution >= 0.6 is 0 Å².